The third-order valence-electron chi connectivity index (χ3n) is 2.80. The molecule has 0 aromatic heterocycles. The second-order valence-electron chi connectivity index (χ2n) is 6.03. The van der Waals surface area contributed by atoms with Crippen LogP contribution in [0.3, 0.4) is 0 Å². The predicted octanol–water partition coefficient (Wildman–Crippen LogP) is 2.44. The molecular formula is C13H21F2NO4. The summed E-state index contributed by atoms with van der Waals surface area (Å²) < 4.78 is 35.2. The lowest BCUT2D eigenvalue weighted by Gasteiger charge is -2.33. The summed E-state index contributed by atoms with van der Waals surface area (Å²) in [5.41, 5.74) is -0.598. The Morgan fingerprint density at radius 1 is 1.30 bits per heavy atom. The number of likely N-dealkylation sites (N-methyl/N-ethyl adjacent to an activating group) is 1. The van der Waals surface area contributed by atoms with Gasteiger partial charge in [0.2, 0.25) is 5.92 Å². The molecule has 0 saturated heterocycles. The second-order valence-corrected chi connectivity index (χ2v) is 6.03. The molecular weight excluding hydrogens is 272 g/mol. The van der Waals surface area contributed by atoms with Crippen LogP contribution in [0.15, 0.2) is 0 Å². The van der Waals surface area contributed by atoms with Crippen LogP contribution < -0.4 is 0 Å². The molecule has 1 saturated carbocycles. The van der Waals surface area contributed by atoms with Gasteiger partial charge in [0.05, 0.1) is 12.5 Å². The number of ether oxygens (including phenoxy) is 2. The standard InChI is InChI=1S/C13H21F2NO4/c1-12(2,3)20-11(18)16(4)5-6-19-10(17)9-7-13(14,15)8-9/h9H,5-8H2,1-4H3. The molecule has 0 heterocycles. The quantitative estimate of drug-likeness (QED) is 0.747. The maximum Gasteiger partial charge on any atom is 0.410 e. The molecule has 0 radical (unpaired) electrons. The molecule has 1 amide bonds. The largest absolute Gasteiger partial charge is 0.464 e. The van der Waals surface area contributed by atoms with E-state index in [1.807, 2.05) is 0 Å². The highest BCUT2D eigenvalue weighted by Gasteiger charge is 2.49. The molecule has 1 fully saturated rings. The first-order valence-corrected chi connectivity index (χ1v) is 6.49. The monoisotopic (exact) mass is 293 g/mol. The summed E-state index contributed by atoms with van der Waals surface area (Å²) in [4.78, 5) is 24.3. The van der Waals surface area contributed by atoms with Crippen molar-refractivity contribution < 1.29 is 27.8 Å². The predicted molar refractivity (Wildman–Crippen MR) is 67.5 cm³/mol. The van der Waals surface area contributed by atoms with Gasteiger partial charge in [-0.1, -0.05) is 0 Å². The summed E-state index contributed by atoms with van der Waals surface area (Å²) in [5, 5.41) is 0. The summed E-state index contributed by atoms with van der Waals surface area (Å²) in [6.45, 7) is 5.36. The Balaban J connectivity index is 2.20. The van der Waals surface area contributed by atoms with Crippen LogP contribution in [0, 0.1) is 5.92 Å². The SMILES string of the molecule is CN(CCOC(=O)C1CC(F)(F)C1)C(=O)OC(C)(C)C. The Bertz CT molecular complexity index is 371. The van der Waals surface area contributed by atoms with Crippen LogP contribution in [0.5, 0.6) is 0 Å². The Morgan fingerprint density at radius 2 is 1.85 bits per heavy atom. The van der Waals surface area contributed by atoms with Gasteiger partial charge in [-0.3, -0.25) is 4.79 Å². The molecule has 0 aromatic rings. The number of esters is 1. The van der Waals surface area contributed by atoms with Crippen LogP contribution >= 0.6 is 0 Å². The van der Waals surface area contributed by atoms with E-state index in [1.165, 1.54) is 11.9 Å². The smallest absolute Gasteiger partial charge is 0.410 e. The van der Waals surface area contributed by atoms with Gasteiger partial charge in [0.15, 0.2) is 0 Å². The number of hydrogen-bond donors (Lipinski definition) is 0. The molecule has 1 aliphatic rings. The topological polar surface area (TPSA) is 55.8 Å². The minimum absolute atomic E-state index is 0.0311. The van der Waals surface area contributed by atoms with Gasteiger partial charge in [-0.25, -0.2) is 13.6 Å². The van der Waals surface area contributed by atoms with E-state index < -0.39 is 42.3 Å². The fourth-order valence-corrected chi connectivity index (χ4v) is 1.66. The van der Waals surface area contributed by atoms with E-state index in [1.54, 1.807) is 20.8 Å². The van der Waals surface area contributed by atoms with E-state index in [0.29, 0.717) is 0 Å². The molecule has 5 nitrogen and oxygen atoms in total. The third-order valence-corrected chi connectivity index (χ3v) is 2.80. The molecule has 1 aliphatic carbocycles. The minimum Gasteiger partial charge on any atom is -0.464 e. The first kappa shape index (κ1) is 16.7. The van der Waals surface area contributed by atoms with Gasteiger partial charge >= 0.3 is 12.1 Å². The number of hydrogen-bond acceptors (Lipinski definition) is 4. The Labute approximate surface area is 117 Å². The summed E-state index contributed by atoms with van der Waals surface area (Å²) in [6, 6.07) is 0. The molecule has 0 unspecified atom stereocenters. The van der Waals surface area contributed by atoms with Crippen LogP contribution in [0.4, 0.5) is 13.6 Å². The summed E-state index contributed by atoms with van der Waals surface area (Å²) in [5.74, 6) is -4.10. The lowest BCUT2D eigenvalue weighted by Crippen LogP contribution is -2.41. The molecule has 0 bridgehead atoms. The zero-order valence-electron chi connectivity index (χ0n) is 12.2. The molecule has 1 rings (SSSR count). The highest BCUT2D eigenvalue weighted by atomic mass is 19.3. The van der Waals surface area contributed by atoms with Crippen molar-refractivity contribution in [3.05, 3.63) is 0 Å². The van der Waals surface area contributed by atoms with Gasteiger partial charge in [-0.2, -0.15) is 0 Å². The average molecular weight is 293 g/mol. The highest BCUT2D eigenvalue weighted by molar-refractivity contribution is 5.74. The van der Waals surface area contributed by atoms with Crippen molar-refractivity contribution in [2.45, 2.75) is 45.1 Å². The zero-order chi connectivity index (χ0) is 15.6. The lowest BCUT2D eigenvalue weighted by molar-refractivity contribution is -0.172. The van der Waals surface area contributed by atoms with Crippen LogP contribution in [0.25, 0.3) is 0 Å². The van der Waals surface area contributed by atoms with Gasteiger partial charge in [0.25, 0.3) is 0 Å². The Morgan fingerprint density at radius 3 is 2.30 bits per heavy atom. The molecule has 0 aliphatic heterocycles. The summed E-state index contributed by atoms with van der Waals surface area (Å²) in [6.07, 6.45) is -1.43. The van der Waals surface area contributed by atoms with E-state index in [4.69, 9.17) is 9.47 Å². The van der Waals surface area contributed by atoms with Crippen molar-refractivity contribution >= 4 is 12.1 Å². The second kappa shape index (κ2) is 5.93. The molecule has 20 heavy (non-hydrogen) atoms. The number of nitrogens with zero attached hydrogens (tertiary/aromatic N) is 1. The summed E-state index contributed by atoms with van der Waals surface area (Å²) in [7, 11) is 1.51. The van der Waals surface area contributed by atoms with Crippen LogP contribution in [-0.4, -0.2) is 48.7 Å². The minimum atomic E-state index is -2.74. The Hall–Kier alpha value is -1.40. The third kappa shape index (κ3) is 5.30. The molecule has 116 valence electrons. The number of rotatable bonds is 4. The maximum atomic E-state index is 12.6. The highest BCUT2D eigenvalue weighted by Crippen LogP contribution is 2.42. The maximum absolute atomic E-state index is 12.6. The first-order valence-electron chi connectivity index (χ1n) is 6.49. The van der Waals surface area contributed by atoms with E-state index in [0.717, 1.165) is 0 Å². The van der Waals surface area contributed by atoms with E-state index in [2.05, 4.69) is 0 Å². The van der Waals surface area contributed by atoms with Crippen molar-refractivity contribution in [1.29, 1.82) is 0 Å². The van der Waals surface area contributed by atoms with Crippen molar-refractivity contribution in [3.8, 4) is 0 Å². The molecule has 0 aromatic carbocycles. The van der Waals surface area contributed by atoms with Crippen molar-refractivity contribution in [2.75, 3.05) is 20.2 Å². The number of alkyl halides is 2. The van der Waals surface area contributed by atoms with Gasteiger partial charge in [-0.05, 0) is 20.8 Å². The average Bonchev–Trinajstić information content (AvgIpc) is 2.22. The van der Waals surface area contributed by atoms with Crippen molar-refractivity contribution in [1.82, 2.24) is 4.90 Å². The van der Waals surface area contributed by atoms with E-state index >= 15 is 0 Å². The number of carbonyl (C=O) groups is 2. The van der Waals surface area contributed by atoms with Crippen molar-refractivity contribution in [2.24, 2.45) is 5.92 Å². The van der Waals surface area contributed by atoms with Crippen molar-refractivity contribution in [3.63, 3.8) is 0 Å². The molecule has 0 atom stereocenters. The molecule has 7 heteroatoms. The fraction of sp³-hybridized carbons (Fsp3) is 0.846. The lowest BCUT2D eigenvalue weighted by atomic mass is 9.81. The van der Waals surface area contributed by atoms with Gasteiger partial charge in [0.1, 0.15) is 12.2 Å². The first-order chi connectivity index (χ1) is 9.00. The van der Waals surface area contributed by atoms with E-state index in [9.17, 15) is 18.4 Å². The zero-order valence-corrected chi connectivity index (χ0v) is 12.2. The fourth-order valence-electron chi connectivity index (χ4n) is 1.66. The number of amides is 1. The van der Waals surface area contributed by atoms with E-state index in [-0.39, 0.29) is 13.2 Å². The van der Waals surface area contributed by atoms with Crippen LogP contribution in [-0.2, 0) is 14.3 Å². The normalized spacial score (nSPS) is 18.1. The van der Waals surface area contributed by atoms with Crippen LogP contribution in [0.1, 0.15) is 33.6 Å². The molecule has 0 N–H and O–H groups in total. The van der Waals surface area contributed by atoms with Gasteiger partial charge in [0, 0.05) is 19.9 Å². The van der Waals surface area contributed by atoms with Gasteiger partial charge < -0.3 is 14.4 Å². The van der Waals surface area contributed by atoms with Crippen LogP contribution in [0.2, 0.25) is 0 Å². The summed E-state index contributed by atoms with van der Waals surface area (Å²) >= 11 is 0. The molecule has 0 spiro atoms. The Kier molecular flexibility index (Phi) is 4.94. The van der Waals surface area contributed by atoms with Gasteiger partial charge in [-0.15, -0.1) is 0 Å². The number of carbonyl (C=O) groups excluding carboxylic acids is 2. The number of halogens is 2.